The van der Waals surface area contributed by atoms with Gasteiger partial charge in [-0.2, -0.15) is 0 Å². The largest absolute Gasteiger partial charge is 0.372 e. The summed E-state index contributed by atoms with van der Waals surface area (Å²) in [5, 5.41) is 4.43. The molecule has 0 unspecified atom stereocenters. The Balaban J connectivity index is 2.14. The smallest absolute Gasteiger partial charge is 0.251 e. The average molecular weight is 377 g/mol. The number of rotatable bonds is 4. The molecule has 0 atom stereocenters. The van der Waals surface area contributed by atoms with E-state index in [1.165, 1.54) is 5.56 Å². The van der Waals surface area contributed by atoms with Crippen LogP contribution in [-0.4, -0.2) is 22.1 Å². The van der Waals surface area contributed by atoms with E-state index in [0.29, 0.717) is 29.4 Å². The number of amides is 1. The molecule has 98 valence electrons. The Bertz CT molecular complexity index is 458. The van der Waals surface area contributed by atoms with Crippen LogP contribution in [0, 0.1) is 0 Å². The van der Waals surface area contributed by atoms with E-state index in [-0.39, 0.29) is 11.4 Å². The fourth-order valence-electron chi connectivity index (χ4n) is 1.76. The second-order valence-corrected chi connectivity index (χ2v) is 5.88. The van der Waals surface area contributed by atoms with Gasteiger partial charge in [0.15, 0.2) is 0 Å². The van der Waals surface area contributed by atoms with Gasteiger partial charge in [0.1, 0.15) is 0 Å². The SMILES string of the molecule is CC(CBr)(CBr)NC(=O)c1ccc2c(c1)COC2. The van der Waals surface area contributed by atoms with Crippen molar-refractivity contribution in [1.29, 1.82) is 0 Å². The van der Waals surface area contributed by atoms with E-state index < -0.39 is 0 Å². The Morgan fingerprint density at radius 3 is 2.67 bits per heavy atom. The average Bonchev–Trinajstić information content (AvgIpc) is 2.85. The van der Waals surface area contributed by atoms with Gasteiger partial charge >= 0.3 is 0 Å². The zero-order chi connectivity index (χ0) is 13.2. The molecule has 0 saturated carbocycles. The van der Waals surface area contributed by atoms with Crippen LogP contribution >= 0.6 is 31.9 Å². The van der Waals surface area contributed by atoms with Crippen molar-refractivity contribution < 1.29 is 9.53 Å². The molecule has 2 rings (SSSR count). The molecule has 18 heavy (non-hydrogen) atoms. The van der Waals surface area contributed by atoms with E-state index >= 15 is 0 Å². The van der Waals surface area contributed by atoms with E-state index in [4.69, 9.17) is 4.74 Å². The van der Waals surface area contributed by atoms with Crippen molar-refractivity contribution in [3.8, 4) is 0 Å². The standard InChI is InChI=1S/C13H15Br2NO2/c1-13(7-14,8-15)16-12(17)9-2-3-10-5-18-6-11(10)4-9/h2-4H,5-8H2,1H3,(H,16,17). The molecule has 0 radical (unpaired) electrons. The van der Waals surface area contributed by atoms with Gasteiger partial charge in [-0.25, -0.2) is 0 Å². The lowest BCUT2D eigenvalue weighted by Gasteiger charge is -2.26. The molecule has 1 aromatic carbocycles. The summed E-state index contributed by atoms with van der Waals surface area (Å²) in [7, 11) is 0. The third kappa shape index (κ3) is 2.95. The van der Waals surface area contributed by atoms with Gasteiger partial charge < -0.3 is 10.1 Å². The van der Waals surface area contributed by atoms with Gasteiger partial charge in [0, 0.05) is 16.2 Å². The van der Waals surface area contributed by atoms with E-state index in [9.17, 15) is 4.79 Å². The Morgan fingerprint density at radius 1 is 1.33 bits per heavy atom. The second-order valence-electron chi connectivity index (χ2n) is 4.76. The summed E-state index contributed by atoms with van der Waals surface area (Å²) < 4.78 is 5.35. The lowest BCUT2D eigenvalue weighted by Crippen LogP contribution is -2.48. The molecule has 0 aromatic heterocycles. The van der Waals surface area contributed by atoms with Gasteiger partial charge in [0.05, 0.1) is 18.8 Å². The van der Waals surface area contributed by atoms with E-state index in [1.54, 1.807) is 0 Å². The van der Waals surface area contributed by atoms with Crippen LogP contribution < -0.4 is 5.32 Å². The maximum absolute atomic E-state index is 12.2. The normalized spacial score (nSPS) is 14.4. The quantitative estimate of drug-likeness (QED) is 0.820. The molecule has 0 aliphatic carbocycles. The first-order chi connectivity index (χ1) is 8.58. The number of benzene rings is 1. The third-order valence-electron chi connectivity index (χ3n) is 2.99. The predicted octanol–water partition coefficient (Wildman–Crippen LogP) is 3.00. The summed E-state index contributed by atoms with van der Waals surface area (Å²) in [6, 6.07) is 5.74. The highest BCUT2D eigenvalue weighted by Crippen LogP contribution is 2.21. The van der Waals surface area contributed by atoms with Gasteiger partial charge in [-0.3, -0.25) is 4.79 Å². The number of hydrogen-bond donors (Lipinski definition) is 1. The van der Waals surface area contributed by atoms with Gasteiger partial charge in [-0.05, 0) is 30.2 Å². The van der Waals surface area contributed by atoms with Crippen molar-refractivity contribution in [2.24, 2.45) is 0 Å². The molecule has 1 amide bonds. The van der Waals surface area contributed by atoms with Gasteiger partial charge in [0.25, 0.3) is 5.91 Å². The fourth-order valence-corrected chi connectivity index (χ4v) is 2.97. The van der Waals surface area contributed by atoms with Crippen LogP contribution in [0.25, 0.3) is 0 Å². The zero-order valence-corrected chi connectivity index (χ0v) is 13.3. The molecule has 0 spiro atoms. The van der Waals surface area contributed by atoms with Crippen LogP contribution in [-0.2, 0) is 18.0 Å². The molecule has 5 heteroatoms. The van der Waals surface area contributed by atoms with Crippen molar-refractivity contribution in [3.63, 3.8) is 0 Å². The van der Waals surface area contributed by atoms with E-state index in [0.717, 1.165) is 5.56 Å². The number of carbonyl (C=O) groups excluding carboxylic acids is 1. The van der Waals surface area contributed by atoms with Crippen LogP contribution in [0.2, 0.25) is 0 Å². The molecular weight excluding hydrogens is 362 g/mol. The Morgan fingerprint density at radius 2 is 2.00 bits per heavy atom. The number of nitrogens with one attached hydrogen (secondary N) is 1. The van der Waals surface area contributed by atoms with Crippen molar-refractivity contribution >= 4 is 37.8 Å². The molecule has 1 aliphatic rings. The topological polar surface area (TPSA) is 38.3 Å². The van der Waals surface area contributed by atoms with Gasteiger partial charge in [0.2, 0.25) is 0 Å². The number of halogens is 2. The number of ether oxygens (including phenoxy) is 1. The maximum atomic E-state index is 12.2. The first-order valence-electron chi connectivity index (χ1n) is 5.72. The Hall–Kier alpha value is -0.390. The molecule has 3 nitrogen and oxygen atoms in total. The first kappa shape index (κ1) is 14.0. The number of fused-ring (bicyclic) bond motifs is 1. The lowest BCUT2D eigenvalue weighted by molar-refractivity contribution is 0.0923. The van der Waals surface area contributed by atoms with Gasteiger partial charge in [-0.15, -0.1) is 0 Å². The summed E-state index contributed by atoms with van der Waals surface area (Å²) in [5.41, 5.74) is 2.69. The van der Waals surface area contributed by atoms with Crippen LogP contribution in [0.15, 0.2) is 18.2 Å². The summed E-state index contributed by atoms with van der Waals surface area (Å²) >= 11 is 6.84. The summed E-state index contributed by atoms with van der Waals surface area (Å²) in [6.45, 7) is 3.24. The van der Waals surface area contributed by atoms with Crippen molar-refractivity contribution in [1.82, 2.24) is 5.32 Å². The molecule has 1 N–H and O–H groups in total. The van der Waals surface area contributed by atoms with Crippen molar-refractivity contribution in [3.05, 3.63) is 34.9 Å². The fraction of sp³-hybridized carbons (Fsp3) is 0.462. The molecule has 0 bridgehead atoms. The molecule has 0 saturated heterocycles. The minimum atomic E-state index is -0.285. The molecular formula is C13H15Br2NO2. The highest BCUT2D eigenvalue weighted by molar-refractivity contribution is 9.09. The first-order valence-corrected chi connectivity index (χ1v) is 7.96. The Labute approximate surface area is 124 Å². The minimum Gasteiger partial charge on any atom is -0.372 e. The molecule has 1 aliphatic heterocycles. The number of hydrogen-bond acceptors (Lipinski definition) is 2. The van der Waals surface area contributed by atoms with Crippen LogP contribution in [0.5, 0.6) is 0 Å². The van der Waals surface area contributed by atoms with Crippen LogP contribution in [0.3, 0.4) is 0 Å². The van der Waals surface area contributed by atoms with E-state index in [1.807, 2.05) is 25.1 Å². The number of carbonyl (C=O) groups is 1. The highest BCUT2D eigenvalue weighted by Gasteiger charge is 2.25. The third-order valence-corrected chi connectivity index (χ3v) is 5.46. The Kier molecular flexibility index (Phi) is 4.45. The minimum absolute atomic E-state index is 0.0499. The van der Waals surface area contributed by atoms with E-state index in [2.05, 4.69) is 37.2 Å². The summed E-state index contributed by atoms with van der Waals surface area (Å²) in [5.74, 6) is -0.0499. The summed E-state index contributed by atoms with van der Waals surface area (Å²) in [6.07, 6.45) is 0. The van der Waals surface area contributed by atoms with Crippen LogP contribution in [0.1, 0.15) is 28.4 Å². The van der Waals surface area contributed by atoms with Crippen molar-refractivity contribution in [2.75, 3.05) is 10.7 Å². The summed E-state index contributed by atoms with van der Waals surface area (Å²) in [4.78, 5) is 12.2. The second kappa shape index (κ2) is 5.72. The predicted molar refractivity (Wildman–Crippen MR) is 78.4 cm³/mol. The molecule has 1 heterocycles. The monoisotopic (exact) mass is 375 g/mol. The zero-order valence-electron chi connectivity index (χ0n) is 10.1. The maximum Gasteiger partial charge on any atom is 0.251 e. The lowest BCUT2D eigenvalue weighted by atomic mass is 10.0. The van der Waals surface area contributed by atoms with Crippen molar-refractivity contribution in [2.45, 2.75) is 25.7 Å². The van der Waals surface area contributed by atoms with Crippen LogP contribution in [0.4, 0.5) is 0 Å². The van der Waals surface area contributed by atoms with Gasteiger partial charge in [-0.1, -0.05) is 37.9 Å². The highest BCUT2D eigenvalue weighted by atomic mass is 79.9. The molecule has 0 fully saturated rings. The molecule has 1 aromatic rings. The number of alkyl halides is 2.